The van der Waals surface area contributed by atoms with Gasteiger partial charge in [-0.3, -0.25) is 4.79 Å². The monoisotopic (exact) mass is 476 g/mol. The fourth-order valence-corrected chi connectivity index (χ4v) is 4.71. The van der Waals surface area contributed by atoms with Crippen molar-refractivity contribution in [3.8, 4) is 22.3 Å². The first kappa shape index (κ1) is 22.9. The summed E-state index contributed by atoms with van der Waals surface area (Å²) < 4.78 is 15.1. The van der Waals surface area contributed by atoms with E-state index in [0.717, 1.165) is 77.4 Å². The lowest BCUT2D eigenvalue weighted by Gasteiger charge is -2.24. The predicted octanol–water partition coefficient (Wildman–Crippen LogP) is 5.96. The molecule has 0 N–H and O–H groups in total. The standard InChI is InChI=1S/C26H18O.C6H10O3/c27-26-23-14-8-7-13-20(23)17-21-15-16-22(18-9-3-1-4-10-18)24(25(21)26)19-11-5-2-6-12-19;1(5-3-8-5)7-2-6-4-9-6/h1-16H,17H2;5-6H,1-4H2. The Morgan fingerprint density at radius 1 is 0.611 bits per heavy atom. The molecule has 0 bridgehead atoms. The lowest BCUT2D eigenvalue weighted by Crippen LogP contribution is -2.16. The van der Waals surface area contributed by atoms with E-state index in [2.05, 4.69) is 42.5 Å². The van der Waals surface area contributed by atoms with Crippen molar-refractivity contribution in [2.45, 2.75) is 18.6 Å². The van der Waals surface area contributed by atoms with E-state index in [9.17, 15) is 4.79 Å². The van der Waals surface area contributed by atoms with Gasteiger partial charge < -0.3 is 14.2 Å². The molecule has 4 heteroatoms. The maximum atomic E-state index is 13.5. The van der Waals surface area contributed by atoms with Crippen LogP contribution in [-0.2, 0) is 20.6 Å². The van der Waals surface area contributed by atoms with Gasteiger partial charge in [0.1, 0.15) is 12.2 Å². The van der Waals surface area contributed by atoms with Crippen LogP contribution in [-0.4, -0.2) is 44.4 Å². The summed E-state index contributed by atoms with van der Waals surface area (Å²) in [4.78, 5) is 13.5. The van der Waals surface area contributed by atoms with Crippen LogP contribution < -0.4 is 0 Å². The Labute approximate surface area is 211 Å². The first-order valence-corrected chi connectivity index (χ1v) is 12.5. The second kappa shape index (κ2) is 10.2. The highest BCUT2D eigenvalue weighted by atomic mass is 16.6. The van der Waals surface area contributed by atoms with Crippen LogP contribution in [0.1, 0.15) is 27.0 Å². The summed E-state index contributed by atoms with van der Waals surface area (Å²) in [6.07, 6.45) is 1.58. The summed E-state index contributed by atoms with van der Waals surface area (Å²) in [6.45, 7) is 3.26. The highest BCUT2D eigenvalue weighted by Crippen LogP contribution is 2.40. The van der Waals surface area contributed by atoms with Gasteiger partial charge in [0.25, 0.3) is 0 Å². The third-order valence-electron chi connectivity index (χ3n) is 6.72. The number of fused-ring (bicyclic) bond motifs is 2. The lowest BCUT2D eigenvalue weighted by atomic mass is 9.78. The van der Waals surface area contributed by atoms with Crippen LogP contribution in [0.15, 0.2) is 97.1 Å². The van der Waals surface area contributed by atoms with Crippen molar-refractivity contribution in [2.24, 2.45) is 0 Å². The van der Waals surface area contributed by atoms with E-state index in [1.807, 2.05) is 54.6 Å². The van der Waals surface area contributed by atoms with Gasteiger partial charge in [-0.25, -0.2) is 0 Å². The zero-order chi connectivity index (χ0) is 24.3. The van der Waals surface area contributed by atoms with Crippen LogP contribution >= 0.6 is 0 Å². The predicted molar refractivity (Wildman–Crippen MR) is 140 cm³/mol. The average Bonchev–Trinajstić information content (AvgIpc) is 3.87. The van der Waals surface area contributed by atoms with Crippen LogP contribution in [0.25, 0.3) is 22.3 Å². The average molecular weight is 477 g/mol. The van der Waals surface area contributed by atoms with Crippen molar-refractivity contribution < 1.29 is 19.0 Å². The number of hydrogen-bond acceptors (Lipinski definition) is 4. The minimum atomic E-state index is 0.128. The highest BCUT2D eigenvalue weighted by molar-refractivity contribution is 6.17. The smallest absolute Gasteiger partial charge is 0.194 e. The molecule has 2 aliphatic heterocycles. The van der Waals surface area contributed by atoms with E-state index in [4.69, 9.17) is 14.2 Å². The number of benzene rings is 4. The molecule has 2 atom stereocenters. The van der Waals surface area contributed by atoms with Crippen LogP contribution in [0.4, 0.5) is 0 Å². The topological polar surface area (TPSA) is 51.4 Å². The number of epoxide rings is 2. The fraction of sp³-hybridized carbons (Fsp3) is 0.219. The molecular formula is C32H28O4. The van der Waals surface area contributed by atoms with E-state index in [1.165, 1.54) is 0 Å². The van der Waals surface area contributed by atoms with Gasteiger partial charge in [-0.05, 0) is 34.2 Å². The Morgan fingerprint density at radius 2 is 1.19 bits per heavy atom. The van der Waals surface area contributed by atoms with Crippen molar-refractivity contribution in [1.82, 2.24) is 0 Å². The van der Waals surface area contributed by atoms with Crippen LogP contribution in [0.2, 0.25) is 0 Å². The van der Waals surface area contributed by atoms with Gasteiger partial charge in [-0.1, -0.05) is 97.1 Å². The normalized spacial score (nSPS) is 18.9. The molecule has 0 aromatic heterocycles. The molecule has 0 spiro atoms. The van der Waals surface area contributed by atoms with E-state index >= 15 is 0 Å². The number of ketones is 1. The van der Waals surface area contributed by atoms with Crippen molar-refractivity contribution in [2.75, 3.05) is 26.4 Å². The summed E-state index contributed by atoms with van der Waals surface area (Å²) in [5.74, 6) is 0.128. The van der Waals surface area contributed by atoms with Crippen LogP contribution in [0, 0.1) is 0 Å². The third kappa shape index (κ3) is 5.02. The van der Waals surface area contributed by atoms with Crippen molar-refractivity contribution in [3.05, 3.63) is 119 Å². The minimum Gasteiger partial charge on any atom is -0.376 e. The number of rotatable bonds is 6. The molecule has 0 radical (unpaired) electrons. The molecule has 4 aromatic carbocycles. The summed E-state index contributed by atoms with van der Waals surface area (Å²) in [6, 6.07) is 32.8. The zero-order valence-corrected chi connectivity index (χ0v) is 20.1. The van der Waals surface area contributed by atoms with Crippen molar-refractivity contribution >= 4 is 5.78 Å². The summed E-state index contributed by atoms with van der Waals surface area (Å²) in [7, 11) is 0. The Kier molecular flexibility index (Phi) is 6.48. The second-order valence-corrected chi connectivity index (χ2v) is 9.37. The SMILES string of the molecule is C(OCC1CO1)C1CO1.O=C1c2ccccc2Cc2ccc(-c3ccccc3)c(-c3ccccc3)c21. The second-order valence-electron chi connectivity index (χ2n) is 9.37. The molecule has 1 aliphatic carbocycles. The van der Waals surface area contributed by atoms with Crippen LogP contribution in [0.3, 0.4) is 0 Å². The van der Waals surface area contributed by atoms with E-state index < -0.39 is 0 Å². The van der Waals surface area contributed by atoms with Gasteiger partial charge in [-0.2, -0.15) is 0 Å². The highest BCUT2D eigenvalue weighted by Gasteiger charge is 2.28. The van der Waals surface area contributed by atoms with E-state index in [0.29, 0.717) is 12.2 Å². The van der Waals surface area contributed by atoms with Crippen molar-refractivity contribution in [3.63, 3.8) is 0 Å². The van der Waals surface area contributed by atoms with Gasteiger partial charge in [-0.15, -0.1) is 0 Å². The molecule has 36 heavy (non-hydrogen) atoms. The molecule has 4 nitrogen and oxygen atoms in total. The van der Waals surface area contributed by atoms with E-state index in [-0.39, 0.29) is 5.78 Å². The van der Waals surface area contributed by atoms with Crippen LogP contribution in [0.5, 0.6) is 0 Å². The first-order valence-electron chi connectivity index (χ1n) is 12.5. The molecular weight excluding hydrogens is 448 g/mol. The molecule has 180 valence electrons. The van der Waals surface area contributed by atoms with Gasteiger partial charge in [0.05, 0.1) is 26.4 Å². The summed E-state index contributed by atoms with van der Waals surface area (Å²) >= 11 is 0. The van der Waals surface area contributed by atoms with Gasteiger partial charge in [0, 0.05) is 16.7 Å². The van der Waals surface area contributed by atoms with Gasteiger partial charge in [0.15, 0.2) is 5.78 Å². The maximum Gasteiger partial charge on any atom is 0.194 e. The molecule has 2 fully saturated rings. The fourth-order valence-electron chi connectivity index (χ4n) is 4.71. The summed E-state index contributed by atoms with van der Waals surface area (Å²) in [5, 5.41) is 0. The number of hydrogen-bond donors (Lipinski definition) is 0. The Morgan fingerprint density at radius 3 is 1.83 bits per heavy atom. The Hall–Kier alpha value is -3.57. The molecule has 0 saturated carbocycles. The molecule has 7 rings (SSSR count). The third-order valence-corrected chi connectivity index (χ3v) is 6.72. The Bertz CT molecular complexity index is 1340. The number of ether oxygens (including phenoxy) is 3. The molecule has 3 aliphatic rings. The first-order chi connectivity index (χ1) is 17.8. The zero-order valence-electron chi connectivity index (χ0n) is 20.1. The largest absolute Gasteiger partial charge is 0.376 e. The Balaban J connectivity index is 0.000000223. The molecule has 2 heterocycles. The quantitative estimate of drug-likeness (QED) is 0.284. The van der Waals surface area contributed by atoms with Crippen molar-refractivity contribution in [1.29, 1.82) is 0 Å². The lowest BCUT2D eigenvalue weighted by molar-refractivity contribution is 0.102. The molecule has 0 amide bonds. The maximum absolute atomic E-state index is 13.5. The molecule has 2 unspecified atom stereocenters. The van der Waals surface area contributed by atoms with E-state index in [1.54, 1.807) is 0 Å². The van der Waals surface area contributed by atoms with Gasteiger partial charge in [0.2, 0.25) is 0 Å². The summed E-state index contributed by atoms with van der Waals surface area (Å²) in [5.41, 5.74) is 8.26. The number of carbonyl (C=O) groups excluding carboxylic acids is 1. The number of carbonyl (C=O) groups is 1. The molecule has 2 saturated heterocycles. The molecule has 4 aromatic rings. The minimum absolute atomic E-state index is 0.128. The van der Waals surface area contributed by atoms with Gasteiger partial charge >= 0.3 is 0 Å².